The monoisotopic (exact) mass is 282 g/mol. The number of nitrogens with zero attached hydrogens (tertiary/aromatic N) is 1. The van der Waals surface area contributed by atoms with Gasteiger partial charge in [0.25, 0.3) is 0 Å². The van der Waals surface area contributed by atoms with E-state index in [4.69, 9.17) is 23.2 Å². The molecule has 1 aromatic rings. The number of hydrogen-bond donors (Lipinski definition) is 1. The van der Waals surface area contributed by atoms with Crippen LogP contribution in [0.1, 0.15) is 26.3 Å². The average molecular weight is 283 g/mol. The smallest absolute Gasteiger partial charge is 0.135 e. The zero-order valence-electron chi connectivity index (χ0n) is 10.7. The van der Waals surface area contributed by atoms with Gasteiger partial charge in [0.1, 0.15) is 5.84 Å². The van der Waals surface area contributed by atoms with Crippen molar-refractivity contribution in [3.8, 4) is 0 Å². The molecule has 2 rings (SSSR count). The van der Waals surface area contributed by atoms with E-state index in [1.807, 2.05) is 24.3 Å². The molecule has 0 aliphatic carbocycles. The van der Waals surface area contributed by atoms with Crippen LogP contribution in [0.3, 0.4) is 0 Å². The van der Waals surface area contributed by atoms with Gasteiger partial charge in [-0.2, -0.15) is 0 Å². The van der Waals surface area contributed by atoms with E-state index in [0.29, 0.717) is 5.02 Å². The molecule has 0 saturated carbocycles. The maximum Gasteiger partial charge on any atom is 0.135 e. The van der Waals surface area contributed by atoms with Gasteiger partial charge in [-0.1, -0.05) is 56.1 Å². The van der Waals surface area contributed by atoms with Crippen LogP contribution in [0.4, 0.5) is 0 Å². The molecule has 1 unspecified atom stereocenters. The van der Waals surface area contributed by atoms with Crippen molar-refractivity contribution in [3.05, 3.63) is 46.1 Å². The Hall–Kier alpha value is -0.990. The predicted molar refractivity (Wildman–Crippen MR) is 78.3 cm³/mol. The van der Waals surface area contributed by atoms with Crippen LogP contribution in [-0.4, -0.2) is 11.9 Å². The van der Waals surface area contributed by atoms with E-state index in [1.165, 1.54) is 0 Å². The van der Waals surface area contributed by atoms with Gasteiger partial charge in [-0.05, 0) is 17.5 Å². The lowest BCUT2D eigenvalue weighted by Crippen LogP contribution is -2.46. The third-order valence-electron chi connectivity index (χ3n) is 2.87. The highest BCUT2D eigenvalue weighted by atomic mass is 35.5. The first-order chi connectivity index (χ1) is 8.39. The third-order valence-corrected chi connectivity index (χ3v) is 3.51. The normalized spacial score (nSPS) is 19.9. The predicted octanol–water partition coefficient (Wildman–Crippen LogP) is 4.18. The second-order valence-electron chi connectivity index (χ2n) is 5.41. The maximum absolute atomic E-state index is 6.22. The SMILES string of the molecule is CC(C)(C)C1NC(c2ccccc2Cl)=NC=C1Cl. The fourth-order valence-corrected chi connectivity index (χ4v) is 2.53. The molecular formula is C14H16Cl2N2. The van der Waals surface area contributed by atoms with Crippen LogP contribution >= 0.6 is 23.2 Å². The van der Waals surface area contributed by atoms with E-state index in [0.717, 1.165) is 16.4 Å². The van der Waals surface area contributed by atoms with Gasteiger partial charge < -0.3 is 5.32 Å². The van der Waals surface area contributed by atoms with E-state index >= 15 is 0 Å². The molecule has 1 heterocycles. The number of hydrogen-bond acceptors (Lipinski definition) is 2. The number of amidine groups is 1. The molecule has 1 atom stereocenters. The Morgan fingerprint density at radius 2 is 1.83 bits per heavy atom. The zero-order valence-corrected chi connectivity index (χ0v) is 12.2. The van der Waals surface area contributed by atoms with Crippen molar-refractivity contribution in [2.45, 2.75) is 26.8 Å². The molecule has 0 radical (unpaired) electrons. The Kier molecular flexibility index (Phi) is 3.69. The minimum absolute atomic E-state index is 0.00995. The Labute approximate surface area is 118 Å². The van der Waals surface area contributed by atoms with Gasteiger partial charge in [-0.25, -0.2) is 4.99 Å². The van der Waals surface area contributed by atoms with Crippen LogP contribution in [0.2, 0.25) is 5.02 Å². The summed E-state index contributed by atoms with van der Waals surface area (Å²) in [4.78, 5) is 4.33. The number of benzene rings is 1. The van der Waals surface area contributed by atoms with Crippen LogP contribution < -0.4 is 5.32 Å². The largest absolute Gasteiger partial charge is 0.361 e. The van der Waals surface area contributed by atoms with Gasteiger partial charge in [0.15, 0.2) is 0 Å². The van der Waals surface area contributed by atoms with E-state index in [9.17, 15) is 0 Å². The van der Waals surface area contributed by atoms with Crippen molar-refractivity contribution in [1.29, 1.82) is 0 Å². The van der Waals surface area contributed by atoms with E-state index in [2.05, 4.69) is 31.1 Å². The van der Waals surface area contributed by atoms with Gasteiger partial charge in [-0.3, -0.25) is 0 Å². The third kappa shape index (κ3) is 2.70. The van der Waals surface area contributed by atoms with Gasteiger partial charge in [0.05, 0.1) is 16.1 Å². The molecule has 2 nitrogen and oxygen atoms in total. The van der Waals surface area contributed by atoms with Gasteiger partial charge in [0.2, 0.25) is 0 Å². The Bertz CT molecular complexity index is 513. The Morgan fingerprint density at radius 1 is 1.17 bits per heavy atom. The Balaban J connectivity index is 2.36. The molecule has 96 valence electrons. The zero-order chi connectivity index (χ0) is 13.3. The highest BCUT2D eigenvalue weighted by Gasteiger charge is 2.30. The summed E-state index contributed by atoms with van der Waals surface area (Å²) in [6.45, 7) is 6.41. The standard InChI is InChI=1S/C14H16Cl2N2/c1-14(2,3)12-11(16)8-17-13(18-12)9-6-4-5-7-10(9)15/h4-8,12H,1-3H3,(H,17,18). The number of nitrogens with one attached hydrogen (secondary N) is 1. The van der Waals surface area contributed by atoms with Crippen molar-refractivity contribution < 1.29 is 0 Å². The Morgan fingerprint density at radius 3 is 2.44 bits per heavy atom. The van der Waals surface area contributed by atoms with Crippen LogP contribution in [0.5, 0.6) is 0 Å². The van der Waals surface area contributed by atoms with Gasteiger partial charge in [-0.15, -0.1) is 0 Å². The minimum Gasteiger partial charge on any atom is -0.361 e. The highest BCUT2D eigenvalue weighted by Crippen LogP contribution is 2.30. The fourth-order valence-electron chi connectivity index (χ4n) is 1.87. The van der Waals surface area contributed by atoms with Gasteiger partial charge in [0, 0.05) is 11.8 Å². The fraction of sp³-hybridized carbons (Fsp3) is 0.357. The molecule has 4 heteroatoms. The molecule has 18 heavy (non-hydrogen) atoms. The molecule has 0 spiro atoms. The minimum atomic E-state index is 0.00995. The summed E-state index contributed by atoms with van der Waals surface area (Å²) >= 11 is 12.4. The van der Waals surface area contributed by atoms with Crippen molar-refractivity contribution >= 4 is 29.0 Å². The van der Waals surface area contributed by atoms with Crippen molar-refractivity contribution in [1.82, 2.24) is 5.32 Å². The van der Waals surface area contributed by atoms with Crippen LogP contribution in [-0.2, 0) is 0 Å². The van der Waals surface area contributed by atoms with E-state index < -0.39 is 0 Å². The maximum atomic E-state index is 6.22. The summed E-state index contributed by atoms with van der Waals surface area (Å²) in [6, 6.07) is 7.69. The summed E-state index contributed by atoms with van der Waals surface area (Å²) < 4.78 is 0. The summed E-state index contributed by atoms with van der Waals surface area (Å²) in [6.07, 6.45) is 1.70. The summed E-state index contributed by atoms with van der Waals surface area (Å²) in [5.74, 6) is 0.768. The lowest BCUT2D eigenvalue weighted by Gasteiger charge is -2.34. The van der Waals surface area contributed by atoms with Crippen LogP contribution in [0.15, 0.2) is 40.5 Å². The molecule has 0 aromatic heterocycles. The number of halogens is 2. The first-order valence-electron chi connectivity index (χ1n) is 5.84. The van der Waals surface area contributed by atoms with E-state index in [-0.39, 0.29) is 11.5 Å². The molecule has 0 bridgehead atoms. The van der Waals surface area contributed by atoms with E-state index in [1.54, 1.807) is 6.20 Å². The molecule has 1 aliphatic rings. The first kappa shape index (κ1) is 13.4. The van der Waals surface area contributed by atoms with Crippen molar-refractivity contribution in [2.24, 2.45) is 10.4 Å². The highest BCUT2D eigenvalue weighted by molar-refractivity contribution is 6.34. The average Bonchev–Trinajstić information content (AvgIpc) is 2.29. The second-order valence-corrected chi connectivity index (χ2v) is 6.26. The lowest BCUT2D eigenvalue weighted by atomic mass is 9.86. The van der Waals surface area contributed by atoms with Gasteiger partial charge >= 0.3 is 0 Å². The molecule has 1 aromatic carbocycles. The summed E-state index contributed by atoms with van der Waals surface area (Å²) in [7, 11) is 0. The molecule has 0 saturated heterocycles. The molecule has 1 aliphatic heterocycles. The van der Waals surface area contributed by atoms with Crippen molar-refractivity contribution in [2.75, 3.05) is 0 Å². The molecule has 0 fully saturated rings. The number of aliphatic imine (C=N–C) groups is 1. The number of rotatable bonds is 1. The van der Waals surface area contributed by atoms with Crippen LogP contribution in [0, 0.1) is 5.41 Å². The molecule has 1 N–H and O–H groups in total. The summed E-state index contributed by atoms with van der Waals surface area (Å²) in [5.41, 5.74) is 0.907. The van der Waals surface area contributed by atoms with Crippen molar-refractivity contribution in [3.63, 3.8) is 0 Å². The molecular weight excluding hydrogens is 267 g/mol. The second kappa shape index (κ2) is 4.94. The quantitative estimate of drug-likeness (QED) is 0.821. The molecule has 0 amide bonds. The first-order valence-corrected chi connectivity index (χ1v) is 6.60. The van der Waals surface area contributed by atoms with Crippen LogP contribution in [0.25, 0.3) is 0 Å². The lowest BCUT2D eigenvalue weighted by molar-refractivity contribution is 0.336. The summed E-state index contributed by atoms with van der Waals surface area (Å²) in [5, 5.41) is 4.77. The topological polar surface area (TPSA) is 24.4 Å².